The summed E-state index contributed by atoms with van der Waals surface area (Å²) >= 11 is 5.15. The van der Waals surface area contributed by atoms with Crippen molar-refractivity contribution in [1.29, 1.82) is 0 Å². The number of hydrogen-bond donors (Lipinski definition) is 0. The molecule has 2 nitrogen and oxygen atoms in total. The van der Waals surface area contributed by atoms with Crippen LogP contribution in [0.5, 0.6) is 0 Å². The van der Waals surface area contributed by atoms with Crippen LogP contribution in [-0.2, 0) is 9.53 Å². The maximum Gasteiger partial charge on any atom is 0.247 e. The third-order valence-corrected chi connectivity index (χ3v) is 2.97. The molecule has 0 rings (SSSR count). The van der Waals surface area contributed by atoms with Crippen LogP contribution in [0.3, 0.4) is 0 Å². The van der Waals surface area contributed by atoms with Crippen LogP contribution in [0.1, 0.15) is 71.1 Å². The molecule has 0 radical (unpaired) electrons. The number of halogens is 1. The Bertz CT molecular complexity index is 172. The molecule has 0 aliphatic heterocycles. The Kier molecular flexibility index (Phi) is 13.9. The molecule has 0 fully saturated rings. The average molecular weight is 263 g/mol. The van der Waals surface area contributed by atoms with E-state index in [4.69, 9.17) is 16.3 Å². The number of hydrogen-bond acceptors (Lipinski definition) is 2. The second kappa shape index (κ2) is 14.0. The van der Waals surface area contributed by atoms with Crippen molar-refractivity contribution in [2.24, 2.45) is 0 Å². The molecule has 0 aromatic rings. The van der Waals surface area contributed by atoms with Gasteiger partial charge in [0.25, 0.3) is 0 Å². The van der Waals surface area contributed by atoms with Crippen molar-refractivity contribution in [3.63, 3.8) is 0 Å². The molecule has 0 N–H and O–H groups in total. The molecule has 0 spiro atoms. The van der Waals surface area contributed by atoms with Gasteiger partial charge in [-0.25, -0.2) is 0 Å². The number of rotatable bonds is 13. The minimum atomic E-state index is -0.405. The highest BCUT2D eigenvalue weighted by Crippen LogP contribution is 2.10. The summed E-state index contributed by atoms with van der Waals surface area (Å²) in [4.78, 5) is 10.4. The molecule has 0 unspecified atom stereocenters. The van der Waals surface area contributed by atoms with Gasteiger partial charge in [0.15, 0.2) is 0 Å². The lowest BCUT2D eigenvalue weighted by atomic mass is 10.1. The SMILES string of the molecule is CCCCCCCCCCCCOCC(=O)Cl. The first-order chi connectivity index (χ1) is 8.27. The topological polar surface area (TPSA) is 26.3 Å². The minimum Gasteiger partial charge on any atom is -0.372 e. The molecule has 102 valence electrons. The van der Waals surface area contributed by atoms with Gasteiger partial charge in [-0.05, 0) is 18.0 Å². The minimum absolute atomic E-state index is 0.0545. The highest BCUT2D eigenvalue weighted by atomic mass is 35.5. The quantitative estimate of drug-likeness (QED) is 0.356. The Morgan fingerprint density at radius 2 is 1.35 bits per heavy atom. The standard InChI is InChI=1S/C14H27ClO2/c1-2-3-4-5-6-7-8-9-10-11-12-17-13-14(15)16/h2-13H2,1H3. The maximum atomic E-state index is 10.4. The van der Waals surface area contributed by atoms with Crippen molar-refractivity contribution in [2.45, 2.75) is 71.1 Å². The van der Waals surface area contributed by atoms with Gasteiger partial charge in [-0.15, -0.1) is 0 Å². The van der Waals surface area contributed by atoms with Crippen LogP contribution in [0.15, 0.2) is 0 Å². The molecule has 0 saturated carbocycles. The van der Waals surface area contributed by atoms with E-state index >= 15 is 0 Å². The Morgan fingerprint density at radius 1 is 0.882 bits per heavy atom. The molecule has 0 amide bonds. The summed E-state index contributed by atoms with van der Waals surface area (Å²) in [6.07, 6.45) is 13.1. The largest absolute Gasteiger partial charge is 0.372 e. The smallest absolute Gasteiger partial charge is 0.247 e. The summed E-state index contributed by atoms with van der Waals surface area (Å²) in [5.41, 5.74) is 0. The molecule has 0 aromatic heterocycles. The molecular formula is C14H27ClO2. The summed E-state index contributed by atoms with van der Waals surface area (Å²) in [5, 5.41) is -0.405. The molecule has 0 heterocycles. The second-order valence-corrected chi connectivity index (χ2v) is 5.01. The van der Waals surface area contributed by atoms with Crippen LogP contribution in [0.25, 0.3) is 0 Å². The van der Waals surface area contributed by atoms with Crippen molar-refractivity contribution >= 4 is 16.8 Å². The monoisotopic (exact) mass is 262 g/mol. The summed E-state index contributed by atoms with van der Waals surface area (Å²) < 4.78 is 5.09. The molecule has 0 saturated heterocycles. The fraction of sp³-hybridized carbons (Fsp3) is 0.929. The average Bonchev–Trinajstić information content (AvgIpc) is 2.30. The van der Waals surface area contributed by atoms with Crippen molar-refractivity contribution in [3.05, 3.63) is 0 Å². The fourth-order valence-corrected chi connectivity index (χ4v) is 1.92. The third kappa shape index (κ3) is 15.9. The van der Waals surface area contributed by atoms with Crippen LogP contribution in [0.4, 0.5) is 0 Å². The van der Waals surface area contributed by atoms with Crippen molar-refractivity contribution < 1.29 is 9.53 Å². The van der Waals surface area contributed by atoms with E-state index in [1.807, 2.05) is 0 Å². The van der Waals surface area contributed by atoms with E-state index in [0.717, 1.165) is 6.42 Å². The van der Waals surface area contributed by atoms with Crippen LogP contribution >= 0.6 is 11.6 Å². The normalized spacial score (nSPS) is 10.7. The molecule has 0 aromatic carbocycles. The van der Waals surface area contributed by atoms with Crippen molar-refractivity contribution in [3.8, 4) is 0 Å². The van der Waals surface area contributed by atoms with E-state index in [9.17, 15) is 4.79 Å². The molecule has 0 atom stereocenters. The van der Waals surface area contributed by atoms with Crippen LogP contribution in [0.2, 0.25) is 0 Å². The molecule has 0 bridgehead atoms. The van der Waals surface area contributed by atoms with E-state index in [1.54, 1.807) is 0 Å². The lowest BCUT2D eigenvalue weighted by Crippen LogP contribution is -2.02. The van der Waals surface area contributed by atoms with E-state index in [-0.39, 0.29) is 6.61 Å². The maximum absolute atomic E-state index is 10.4. The highest BCUT2D eigenvalue weighted by Gasteiger charge is 1.96. The van der Waals surface area contributed by atoms with Crippen molar-refractivity contribution in [1.82, 2.24) is 0 Å². The molecule has 0 aliphatic rings. The first-order valence-electron chi connectivity index (χ1n) is 7.03. The van der Waals surface area contributed by atoms with Gasteiger partial charge in [-0.3, -0.25) is 4.79 Å². The predicted molar refractivity (Wildman–Crippen MR) is 73.5 cm³/mol. The Labute approximate surface area is 111 Å². The first kappa shape index (κ1) is 16.9. The second-order valence-electron chi connectivity index (χ2n) is 4.59. The van der Waals surface area contributed by atoms with E-state index in [2.05, 4.69) is 6.92 Å². The van der Waals surface area contributed by atoms with Crippen LogP contribution < -0.4 is 0 Å². The van der Waals surface area contributed by atoms with Gasteiger partial charge in [-0.1, -0.05) is 64.7 Å². The van der Waals surface area contributed by atoms with Gasteiger partial charge < -0.3 is 4.74 Å². The number of carbonyl (C=O) groups is 1. The number of unbranched alkanes of at least 4 members (excludes halogenated alkanes) is 9. The highest BCUT2D eigenvalue weighted by molar-refractivity contribution is 6.63. The van der Waals surface area contributed by atoms with Gasteiger partial charge >= 0.3 is 0 Å². The zero-order chi connectivity index (χ0) is 12.8. The zero-order valence-corrected chi connectivity index (χ0v) is 11.9. The Balaban J connectivity index is 2.91. The lowest BCUT2D eigenvalue weighted by Gasteiger charge is -2.02. The van der Waals surface area contributed by atoms with Crippen molar-refractivity contribution in [2.75, 3.05) is 13.2 Å². The van der Waals surface area contributed by atoms with Gasteiger partial charge in [0.1, 0.15) is 6.61 Å². The van der Waals surface area contributed by atoms with Crippen LogP contribution in [-0.4, -0.2) is 18.5 Å². The number of carbonyl (C=O) groups excluding carboxylic acids is 1. The summed E-state index contributed by atoms with van der Waals surface area (Å²) in [6, 6.07) is 0. The fourth-order valence-electron chi connectivity index (χ4n) is 1.84. The summed E-state index contributed by atoms with van der Waals surface area (Å²) in [6.45, 7) is 2.97. The van der Waals surface area contributed by atoms with Gasteiger partial charge in [-0.2, -0.15) is 0 Å². The third-order valence-electron chi connectivity index (χ3n) is 2.86. The van der Waals surface area contributed by atoms with E-state index in [0.29, 0.717) is 6.61 Å². The Hall–Kier alpha value is -0.0800. The molecule has 3 heteroatoms. The van der Waals surface area contributed by atoms with E-state index < -0.39 is 5.24 Å². The molecule has 0 aliphatic carbocycles. The first-order valence-corrected chi connectivity index (χ1v) is 7.41. The molecule has 17 heavy (non-hydrogen) atoms. The summed E-state index contributed by atoms with van der Waals surface area (Å²) in [5.74, 6) is 0. The van der Waals surface area contributed by atoms with E-state index in [1.165, 1.54) is 57.8 Å². The molecular weight excluding hydrogens is 236 g/mol. The van der Waals surface area contributed by atoms with Gasteiger partial charge in [0.2, 0.25) is 5.24 Å². The lowest BCUT2D eigenvalue weighted by molar-refractivity contribution is -0.115. The summed E-state index contributed by atoms with van der Waals surface area (Å²) in [7, 11) is 0. The predicted octanol–water partition coefficient (Wildman–Crippen LogP) is 4.69. The van der Waals surface area contributed by atoms with Gasteiger partial charge in [0, 0.05) is 6.61 Å². The zero-order valence-electron chi connectivity index (χ0n) is 11.2. The van der Waals surface area contributed by atoms with Gasteiger partial charge in [0.05, 0.1) is 0 Å². The Morgan fingerprint density at radius 3 is 1.82 bits per heavy atom. The van der Waals surface area contributed by atoms with Crippen LogP contribution in [0, 0.1) is 0 Å². The number of ether oxygens (including phenoxy) is 1.